The van der Waals surface area contributed by atoms with Gasteiger partial charge in [-0.05, 0) is 25.0 Å². The Kier molecular flexibility index (Phi) is 2.88. The molecular weight excluding hydrogens is 212 g/mol. The minimum Gasteiger partial charge on any atom is -0.368 e. The van der Waals surface area contributed by atoms with Crippen molar-refractivity contribution in [3.8, 4) is 0 Å². The van der Waals surface area contributed by atoms with Crippen molar-refractivity contribution in [2.75, 3.05) is 18.4 Å². The van der Waals surface area contributed by atoms with Gasteiger partial charge in [-0.25, -0.2) is 9.97 Å². The maximum Gasteiger partial charge on any atom is 0.137 e. The van der Waals surface area contributed by atoms with Crippen LogP contribution in [0.4, 0.5) is 5.82 Å². The molecule has 1 heterocycles. The average molecular weight is 228 g/mol. The first-order valence-corrected chi connectivity index (χ1v) is 6.10. The van der Waals surface area contributed by atoms with E-state index >= 15 is 0 Å². The first-order chi connectivity index (χ1) is 8.43. The second-order valence-electron chi connectivity index (χ2n) is 4.39. The third-order valence-electron chi connectivity index (χ3n) is 2.97. The molecule has 17 heavy (non-hydrogen) atoms. The van der Waals surface area contributed by atoms with Crippen LogP contribution in [0.3, 0.4) is 0 Å². The van der Waals surface area contributed by atoms with Crippen molar-refractivity contribution < 1.29 is 0 Å². The van der Waals surface area contributed by atoms with Gasteiger partial charge in [0.1, 0.15) is 12.1 Å². The van der Waals surface area contributed by atoms with E-state index in [4.69, 9.17) is 0 Å². The van der Waals surface area contributed by atoms with E-state index in [-0.39, 0.29) is 0 Å². The number of rotatable bonds is 5. The Bertz CT molecular complexity index is 502. The molecule has 0 bridgehead atoms. The summed E-state index contributed by atoms with van der Waals surface area (Å²) < 4.78 is 0. The van der Waals surface area contributed by atoms with Gasteiger partial charge in [0.2, 0.25) is 0 Å². The van der Waals surface area contributed by atoms with Gasteiger partial charge < -0.3 is 10.6 Å². The van der Waals surface area contributed by atoms with Crippen molar-refractivity contribution in [2.24, 2.45) is 0 Å². The van der Waals surface area contributed by atoms with Crippen LogP contribution >= 0.6 is 0 Å². The molecule has 1 fully saturated rings. The second-order valence-corrected chi connectivity index (χ2v) is 4.39. The predicted molar refractivity (Wildman–Crippen MR) is 69.1 cm³/mol. The van der Waals surface area contributed by atoms with Gasteiger partial charge in [-0.3, -0.25) is 0 Å². The molecule has 1 aromatic carbocycles. The summed E-state index contributed by atoms with van der Waals surface area (Å²) in [6, 6.07) is 8.82. The molecule has 0 amide bonds. The van der Waals surface area contributed by atoms with E-state index in [1.54, 1.807) is 6.33 Å². The number of hydrogen-bond donors (Lipinski definition) is 2. The minimum atomic E-state index is 0.763. The van der Waals surface area contributed by atoms with Crippen LogP contribution in [-0.4, -0.2) is 29.1 Å². The third-order valence-corrected chi connectivity index (χ3v) is 2.97. The van der Waals surface area contributed by atoms with Crippen LogP contribution in [0.25, 0.3) is 10.9 Å². The molecule has 2 aromatic rings. The highest BCUT2D eigenvalue weighted by Gasteiger charge is 2.19. The maximum atomic E-state index is 4.29. The van der Waals surface area contributed by atoms with Crippen molar-refractivity contribution in [3.05, 3.63) is 30.6 Å². The van der Waals surface area contributed by atoms with E-state index in [0.29, 0.717) is 0 Å². The lowest BCUT2D eigenvalue weighted by molar-refractivity contribution is 0.701. The van der Waals surface area contributed by atoms with Crippen LogP contribution in [-0.2, 0) is 0 Å². The Balaban J connectivity index is 1.66. The van der Waals surface area contributed by atoms with Gasteiger partial charge in [0.25, 0.3) is 0 Å². The smallest absolute Gasteiger partial charge is 0.137 e. The highest BCUT2D eigenvalue weighted by molar-refractivity contribution is 5.88. The molecule has 0 radical (unpaired) electrons. The molecule has 88 valence electrons. The van der Waals surface area contributed by atoms with Crippen molar-refractivity contribution in [1.82, 2.24) is 15.3 Å². The minimum absolute atomic E-state index is 0.763. The number of nitrogens with zero attached hydrogens (tertiary/aromatic N) is 2. The van der Waals surface area contributed by atoms with Gasteiger partial charge in [-0.15, -0.1) is 0 Å². The number of anilines is 1. The lowest BCUT2D eigenvalue weighted by Crippen LogP contribution is -2.24. The Morgan fingerprint density at radius 1 is 1.12 bits per heavy atom. The zero-order chi connectivity index (χ0) is 11.5. The first kappa shape index (κ1) is 10.5. The number of fused-ring (bicyclic) bond motifs is 1. The van der Waals surface area contributed by atoms with Gasteiger partial charge in [-0.1, -0.05) is 12.1 Å². The van der Waals surface area contributed by atoms with E-state index in [0.717, 1.165) is 35.9 Å². The van der Waals surface area contributed by atoms with Crippen LogP contribution in [0.15, 0.2) is 30.6 Å². The summed E-state index contributed by atoms with van der Waals surface area (Å²) in [5.41, 5.74) is 0.986. The Morgan fingerprint density at radius 2 is 2.00 bits per heavy atom. The molecule has 1 aliphatic carbocycles. The lowest BCUT2D eigenvalue weighted by Gasteiger charge is -2.08. The van der Waals surface area contributed by atoms with Crippen LogP contribution in [0.5, 0.6) is 0 Å². The summed E-state index contributed by atoms with van der Waals surface area (Å²) in [7, 11) is 0. The third kappa shape index (κ3) is 2.53. The molecule has 1 aromatic heterocycles. The van der Waals surface area contributed by atoms with Crippen LogP contribution in [0.1, 0.15) is 12.8 Å². The van der Waals surface area contributed by atoms with E-state index < -0.39 is 0 Å². The van der Waals surface area contributed by atoms with E-state index in [2.05, 4.69) is 20.6 Å². The molecule has 3 rings (SSSR count). The van der Waals surface area contributed by atoms with E-state index in [1.165, 1.54) is 12.8 Å². The Labute approximate surface area is 100 Å². The van der Waals surface area contributed by atoms with Crippen LogP contribution in [0, 0.1) is 0 Å². The summed E-state index contributed by atoms with van der Waals surface area (Å²) in [4.78, 5) is 8.53. The number of para-hydroxylation sites is 1. The molecule has 4 nitrogen and oxygen atoms in total. The number of nitrogens with one attached hydrogen (secondary N) is 2. The molecule has 2 N–H and O–H groups in total. The summed E-state index contributed by atoms with van der Waals surface area (Å²) in [5, 5.41) is 7.91. The SMILES string of the molecule is c1ccc2c(NCCNC3CC3)ncnc2c1. The summed E-state index contributed by atoms with van der Waals surface area (Å²) in [5.74, 6) is 0.924. The molecule has 0 aliphatic heterocycles. The van der Waals surface area contributed by atoms with Crippen LogP contribution in [0.2, 0.25) is 0 Å². The maximum absolute atomic E-state index is 4.29. The van der Waals surface area contributed by atoms with Crippen molar-refractivity contribution in [2.45, 2.75) is 18.9 Å². The normalized spacial score (nSPS) is 15.1. The van der Waals surface area contributed by atoms with Crippen molar-refractivity contribution in [1.29, 1.82) is 0 Å². The largest absolute Gasteiger partial charge is 0.368 e. The Morgan fingerprint density at radius 3 is 2.88 bits per heavy atom. The molecular formula is C13H16N4. The molecule has 1 aliphatic rings. The van der Waals surface area contributed by atoms with Gasteiger partial charge in [-0.2, -0.15) is 0 Å². The summed E-state index contributed by atoms with van der Waals surface area (Å²) >= 11 is 0. The van der Waals surface area contributed by atoms with Gasteiger partial charge >= 0.3 is 0 Å². The lowest BCUT2D eigenvalue weighted by atomic mass is 10.2. The fourth-order valence-electron chi connectivity index (χ4n) is 1.89. The fourth-order valence-corrected chi connectivity index (χ4v) is 1.89. The highest BCUT2D eigenvalue weighted by Crippen LogP contribution is 2.19. The van der Waals surface area contributed by atoms with Crippen molar-refractivity contribution in [3.63, 3.8) is 0 Å². The quantitative estimate of drug-likeness (QED) is 0.766. The average Bonchev–Trinajstić information content (AvgIpc) is 3.19. The van der Waals surface area contributed by atoms with Crippen molar-refractivity contribution >= 4 is 16.7 Å². The molecule has 1 saturated carbocycles. The number of aromatic nitrogens is 2. The fraction of sp³-hybridized carbons (Fsp3) is 0.385. The molecule has 4 heteroatoms. The van der Waals surface area contributed by atoms with E-state index in [1.807, 2.05) is 24.3 Å². The van der Waals surface area contributed by atoms with Gasteiger partial charge in [0.05, 0.1) is 5.52 Å². The zero-order valence-corrected chi connectivity index (χ0v) is 9.69. The molecule has 0 unspecified atom stereocenters. The second kappa shape index (κ2) is 4.67. The number of hydrogen-bond acceptors (Lipinski definition) is 4. The predicted octanol–water partition coefficient (Wildman–Crippen LogP) is 1.79. The van der Waals surface area contributed by atoms with Gasteiger partial charge in [0, 0.05) is 24.5 Å². The monoisotopic (exact) mass is 228 g/mol. The van der Waals surface area contributed by atoms with E-state index in [9.17, 15) is 0 Å². The summed E-state index contributed by atoms with van der Waals surface area (Å²) in [6.07, 6.45) is 4.27. The Hall–Kier alpha value is -1.68. The molecule has 0 atom stereocenters. The first-order valence-electron chi connectivity index (χ1n) is 6.10. The topological polar surface area (TPSA) is 49.8 Å². The standard InChI is InChI=1S/C13H16N4/c1-2-4-12-11(3-1)13(17-9-16-12)15-8-7-14-10-5-6-10/h1-4,9-10,14H,5-8H2,(H,15,16,17). The molecule has 0 spiro atoms. The van der Waals surface area contributed by atoms with Gasteiger partial charge in [0.15, 0.2) is 0 Å². The number of benzene rings is 1. The zero-order valence-electron chi connectivity index (χ0n) is 9.69. The highest BCUT2D eigenvalue weighted by atomic mass is 15.0. The summed E-state index contributed by atoms with van der Waals surface area (Å²) in [6.45, 7) is 1.89. The van der Waals surface area contributed by atoms with Crippen LogP contribution < -0.4 is 10.6 Å². The molecule has 0 saturated heterocycles.